The standard InChI is InChI=1S/C18H22N4OS/c1-14-20-15(12-24-14)11-21-8-3-5-18(13-21)6-9-22(17(18)23)16-4-2-7-19-10-16/h2,4,7,10,12H,3,5-6,8-9,11,13H2,1H3/t18-/m0/s1. The zero-order valence-electron chi connectivity index (χ0n) is 13.9. The second-order valence-corrected chi connectivity index (χ2v) is 7.93. The van der Waals surface area contributed by atoms with Gasteiger partial charge in [0.05, 0.1) is 28.0 Å². The van der Waals surface area contributed by atoms with Gasteiger partial charge in [-0.05, 0) is 44.9 Å². The summed E-state index contributed by atoms with van der Waals surface area (Å²) in [5.74, 6) is 0.273. The summed E-state index contributed by atoms with van der Waals surface area (Å²) in [6, 6.07) is 3.87. The molecule has 1 atom stereocenters. The number of carbonyl (C=O) groups is 1. The van der Waals surface area contributed by atoms with Crippen LogP contribution in [0.2, 0.25) is 0 Å². The average molecular weight is 342 g/mol. The summed E-state index contributed by atoms with van der Waals surface area (Å²) in [7, 11) is 0. The zero-order chi connectivity index (χ0) is 16.6. The van der Waals surface area contributed by atoms with Crippen LogP contribution < -0.4 is 4.90 Å². The van der Waals surface area contributed by atoms with Crippen molar-refractivity contribution in [2.45, 2.75) is 32.7 Å². The molecule has 0 radical (unpaired) electrons. The Bertz CT molecular complexity index is 732. The van der Waals surface area contributed by atoms with E-state index in [2.05, 4.69) is 20.2 Å². The van der Waals surface area contributed by atoms with Crippen molar-refractivity contribution >= 4 is 22.9 Å². The largest absolute Gasteiger partial charge is 0.310 e. The highest BCUT2D eigenvalue weighted by Crippen LogP contribution is 2.42. The maximum atomic E-state index is 13.1. The lowest BCUT2D eigenvalue weighted by atomic mass is 9.78. The molecule has 4 heterocycles. The molecule has 4 rings (SSSR count). The van der Waals surface area contributed by atoms with Crippen LogP contribution in [0.1, 0.15) is 30.0 Å². The van der Waals surface area contributed by atoms with Crippen molar-refractivity contribution < 1.29 is 4.79 Å². The Kier molecular flexibility index (Phi) is 4.10. The van der Waals surface area contributed by atoms with Gasteiger partial charge in [-0.25, -0.2) is 4.98 Å². The number of rotatable bonds is 3. The number of anilines is 1. The number of piperidine rings is 1. The number of carbonyl (C=O) groups excluding carboxylic acids is 1. The topological polar surface area (TPSA) is 49.3 Å². The van der Waals surface area contributed by atoms with Crippen molar-refractivity contribution in [3.63, 3.8) is 0 Å². The van der Waals surface area contributed by atoms with E-state index in [0.717, 1.165) is 61.8 Å². The Morgan fingerprint density at radius 3 is 3.00 bits per heavy atom. The number of nitrogens with zero attached hydrogens (tertiary/aromatic N) is 4. The predicted molar refractivity (Wildman–Crippen MR) is 95.0 cm³/mol. The minimum Gasteiger partial charge on any atom is -0.310 e. The number of thiazole rings is 1. The number of amides is 1. The Labute approximate surface area is 146 Å². The van der Waals surface area contributed by atoms with Gasteiger partial charge < -0.3 is 4.90 Å². The van der Waals surface area contributed by atoms with E-state index in [1.807, 2.05) is 24.0 Å². The second-order valence-electron chi connectivity index (χ2n) is 6.87. The van der Waals surface area contributed by atoms with Crippen molar-refractivity contribution in [3.05, 3.63) is 40.6 Å². The molecule has 2 aliphatic heterocycles. The van der Waals surface area contributed by atoms with E-state index in [-0.39, 0.29) is 11.3 Å². The molecule has 0 unspecified atom stereocenters. The number of aryl methyl sites for hydroxylation is 1. The first-order valence-electron chi connectivity index (χ1n) is 8.52. The Morgan fingerprint density at radius 1 is 1.33 bits per heavy atom. The molecule has 0 aliphatic carbocycles. The highest BCUT2D eigenvalue weighted by atomic mass is 32.1. The summed E-state index contributed by atoms with van der Waals surface area (Å²) in [4.78, 5) is 26.2. The van der Waals surface area contributed by atoms with Gasteiger partial charge in [-0.15, -0.1) is 11.3 Å². The molecule has 1 amide bonds. The molecule has 6 heteroatoms. The molecule has 126 valence electrons. The number of likely N-dealkylation sites (tertiary alicyclic amines) is 1. The lowest BCUT2D eigenvalue weighted by molar-refractivity contribution is -0.128. The smallest absolute Gasteiger partial charge is 0.234 e. The fourth-order valence-corrected chi connectivity index (χ4v) is 4.63. The third-order valence-electron chi connectivity index (χ3n) is 5.18. The molecule has 2 saturated heterocycles. The van der Waals surface area contributed by atoms with E-state index < -0.39 is 0 Å². The molecular formula is C18H22N4OS. The van der Waals surface area contributed by atoms with E-state index in [1.54, 1.807) is 23.7 Å². The van der Waals surface area contributed by atoms with E-state index in [9.17, 15) is 4.79 Å². The zero-order valence-corrected chi connectivity index (χ0v) is 14.8. The fraction of sp³-hybridized carbons (Fsp3) is 0.500. The molecule has 2 aromatic rings. The highest BCUT2D eigenvalue weighted by molar-refractivity contribution is 7.09. The maximum Gasteiger partial charge on any atom is 0.234 e. The minimum absolute atomic E-state index is 0.223. The van der Waals surface area contributed by atoms with Crippen LogP contribution >= 0.6 is 11.3 Å². The normalized spacial score (nSPS) is 24.9. The summed E-state index contributed by atoms with van der Waals surface area (Å²) >= 11 is 1.70. The monoisotopic (exact) mass is 342 g/mol. The Morgan fingerprint density at radius 2 is 2.25 bits per heavy atom. The predicted octanol–water partition coefficient (Wildman–Crippen LogP) is 2.87. The van der Waals surface area contributed by atoms with Gasteiger partial charge >= 0.3 is 0 Å². The first-order chi connectivity index (χ1) is 11.7. The van der Waals surface area contributed by atoms with Crippen LogP contribution in [-0.4, -0.2) is 40.4 Å². The molecule has 2 fully saturated rings. The summed E-state index contributed by atoms with van der Waals surface area (Å²) in [6.07, 6.45) is 6.55. The molecule has 0 saturated carbocycles. The van der Waals surface area contributed by atoms with Gasteiger partial charge in [-0.1, -0.05) is 0 Å². The van der Waals surface area contributed by atoms with Gasteiger partial charge in [0.25, 0.3) is 0 Å². The molecule has 0 aromatic carbocycles. The number of aromatic nitrogens is 2. The number of pyridine rings is 1. The van der Waals surface area contributed by atoms with Crippen LogP contribution in [0.4, 0.5) is 5.69 Å². The van der Waals surface area contributed by atoms with Crippen molar-refractivity contribution in [3.8, 4) is 0 Å². The van der Waals surface area contributed by atoms with Crippen molar-refractivity contribution in [1.82, 2.24) is 14.9 Å². The SMILES string of the molecule is Cc1nc(CN2CCC[C@]3(CCN(c4cccnc4)C3=O)C2)cs1. The molecule has 24 heavy (non-hydrogen) atoms. The lowest BCUT2D eigenvalue weighted by Crippen LogP contribution is -2.47. The molecule has 2 aromatic heterocycles. The van der Waals surface area contributed by atoms with E-state index >= 15 is 0 Å². The van der Waals surface area contributed by atoms with Gasteiger partial charge in [-0.2, -0.15) is 0 Å². The van der Waals surface area contributed by atoms with Crippen molar-refractivity contribution in [2.24, 2.45) is 5.41 Å². The molecular weight excluding hydrogens is 320 g/mol. The first kappa shape index (κ1) is 15.7. The second kappa shape index (κ2) is 6.26. The Balaban J connectivity index is 1.49. The first-order valence-corrected chi connectivity index (χ1v) is 9.40. The van der Waals surface area contributed by atoms with Gasteiger partial charge in [0.2, 0.25) is 5.91 Å². The quantitative estimate of drug-likeness (QED) is 0.861. The van der Waals surface area contributed by atoms with Crippen LogP contribution in [0.15, 0.2) is 29.9 Å². The molecule has 0 bridgehead atoms. The van der Waals surface area contributed by atoms with E-state index in [4.69, 9.17) is 0 Å². The summed E-state index contributed by atoms with van der Waals surface area (Å²) < 4.78 is 0. The summed E-state index contributed by atoms with van der Waals surface area (Å²) in [5.41, 5.74) is 1.83. The van der Waals surface area contributed by atoms with Crippen LogP contribution in [0.25, 0.3) is 0 Å². The van der Waals surface area contributed by atoms with Crippen LogP contribution in [0, 0.1) is 12.3 Å². The third-order valence-corrected chi connectivity index (χ3v) is 6.00. The van der Waals surface area contributed by atoms with Gasteiger partial charge in [0, 0.05) is 31.2 Å². The van der Waals surface area contributed by atoms with Crippen molar-refractivity contribution in [2.75, 3.05) is 24.5 Å². The summed E-state index contributed by atoms with van der Waals surface area (Å²) in [6.45, 7) is 5.59. The van der Waals surface area contributed by atoms with Gasteiger partial charge in [0.15, 0.2) is 0 Å². The van der Waals surface area contributed by atoms with Gasteiger partial charge in [-0.3, -0.25) is 14.7 Å². The third kappa shape index (κ3) is 2.84. The maximum absolute atomic E-state index is 13.1. The fourth-order valence-electron chi connectivity index (χ4n) is 4.03. The van der Waals surface area contributed by atoms with E-state index in [0.29, 0.717) is 0 Å². The number of hydrogen-bond acceptors (Lipinski definition) is 5. The summed E-state index contributed by atoms with van der Waals surface area (Å²) in [5, 5.41) is 3.24. The highest BCUT2D eigenvalue weighted by Gasteiger charge is 2.49. The van der Waals surface area contributed by atoms with E-state index in [1.165, 1.54) is 0 Å². The van der Waals surface area contributed by atoms with Crippen LogP contribution in [0.5, 0.6) is 0 Å². The molecule has 5 nitrogen and oxygen atoms in total. The molecule has 0 N–H and O–H groups in total. The Hall–Kier alpha value is -1.79. The average Bonchev–Trinajstić information content (AvgIpc) is 3.13. The lowest BCUT2D eigenvalue weighted by Gasteiger charge is -2.38. The minimum atomic E-state index is -0.223. The molecule has 2 aliphatic rings. The molecule has 1 spiro atoms. The van der Waals surface area contributed by atoms with Crippen LogP contribution in [0.3, 0.4) is 0 Å². The van der Waals surface area contributed by atoms with Crippen LogP contribution in [-0.2, 0) is 11.3 Å². The van der Waals surface area contributed by atoms with Crippen molar-refractivity contribution in [1.29, 1.82) is 0 Å². The number of hydrogen-bond donors (Lipinski definition) is 0. The van der Waals surface area contributed by atoms with Gasteiger partial charge in [0.1, 0.15) is 0 Å².